The second kappa shape index (κ2) is 5.72. The molecule has 0 unspecified atom stereocenters. The SMILES string of the molecule is CN(C(=O)NCC(F)(F)F)c1ccccc1CN. The van der Waals surface area contributed by atoms with Gasteiger partial charge < -0.3 is 11.1 Å². The number of nitrogens with one attached hydrogen (secondary N) is 1. The minimum absolute atomic E-state index is 0.201. The van der Waals surface area contributed by atoms with E-state index in [1.807, 2.05) is 0 Å². The fraction of sp³-hybridized carbons (Fsp3) is 0.364. The first kappa shape index (κ1) is 14.3. The number of amides is 2. The van der Waals surface area contributed by atoms with Crippen LogP contribution in [0.15, 0.2) is 24.3 Å². The van der Waals surface area contributed by atoms with Crippen molar-refractivity contribution >= 4 is 11.7 Å². The summed E-state index contributed by atoms with van der Waals surface area (Å²) >= 11 is 0. The molecule has 2 amide bonds. The summed E-state index contributed by atoms with van der Waals surface area (Å²) in [7, 11) is 1.39. The second-order valence-electron chi connectivity index (χ2n) is 3.67. The summed E-state index contributed by atoms with van der Waals surface area (Å²) in [6.45, 7) is -1.16. The molecule has 100 valence electrons. The molecule has 1 aromatic rings. The number of hydrogen-bond acceptors (Lipinski definition) is 2. The molecule has 4 nitrogen and oxygen atoms in total. The molecule has 3 N–H and O–H groups in total. The van der Waals surface area contributed by atoms with E-state index in [0.29, 0.717) is 11.3 Å². The van der Waals surface area contributed by atoms with Crippen LogP contribution < -0.4 is 16.0 Å². The summed E-state index contributed by atoms with van der Waals surface area (Å²) in [5.74, 6) is 0. The largest absolute Gasteiger partial charge is 0.405 e. The molecule has 0 aliphatic heterocycles. The number of carbonyl (C=O) groups excluding carboxylic acids is 1. The van der Waals surface area contributed by atoms with Crippen LogP contribution in [0.25, 0.3) is 0 Å². The number of hydrogen-bond donors (Lipinski definition) is 2. The lowest BCUT2D eigenvalue weighted by molar-refractivity contribution is -0.122. The van der Waals surface area contributed by atoms with Gasteiger partial charge >= 0.3 is 12.2 Å². The molecule has 0 aliphatic carbocycles. The highest BCUT2D eigenvalue weighted by Gasteiger charge is 2.28. The van der Waals surface area contributed by atoms with Crippen LogP contribution >= 0.6 is 0 Å². The van der Waals surface area contributed by atoms with E-state index in [2.05, 4.69) is 0 Å². The van der Waals surface area contributed by atoms with Gasteiger partial charge in [-0.25, -0.2) is 4.79 Å². The smallest absolute Gasteiger partial charge is 0.329 e. The third-order valence-electron chi connectivity index (χ3n) is 2.32. The van der Waals surface area contributed by atoms with E-state index >= 15 is 0 Å². The second-order valence-corrected chi connectivity index (χ2v) is 3.67. The summed E-state index contributed by atoms with van der Waals surface area (Å²) in [5.41, 5.74) is 6.66. The van der Waals surface area contributed by atoms with Crippen molar-refractivity contribution in [3.8, 4) is 0 Å². The van der Waals surface area contributed by atoms with Gasteiger partial charge in [0.1, 0.15) is 6.54 Å². The number of alkyl halides is 3. The lowest BCUT2D eigenvalue weighted by Gasteiger charge is -2.21. The molecule has 0 fully saturated rings. The molecule has 0 spiro atoms. The Morgan fingerprint density at radius 2 is 2.00 bits per heavy atom. The van der Waals surface area contributed by atoms with Gasteiger partial charge in [-0.05, 0) is 11.6 Å². The molecule has 18 heavy (non-hydrogen) atoms. The number of anilines is 1. The average molecular weight is 261 g/mol. The van der Waals surface area contributed by atoms with Crippen LogP contribution in [0.1, 0.15) is 5.56 Å². The number of rotatable bonds is 3. The zero-order valence-electron chi connectivity index (χ0n) is 9.79. The van der Waals surface area contributed by atoms with Gasteiger partial charge in [0.05, 0.1) is 0 Å². The maximum atomic E-state index is 12.0. The predicted octanol–water partition coefficient (Wildman–Crippen LogP) is 1.85. The van der Waals surface area contributed by atoms with Crippen LogP contribution in [-0.4, -0.2) is 25.8 Å². The molecule has 0 bridgehead atoms. The Labute approximate surface area is 103 Å². The first-order valence-electron chi connectivity index (χ1n) is 5.21. The van der Waals surface area contributed by atoms with Crippen LogP contribution in [0.5, 0.6) is 0 Å². The van der Waals surface area contributed by atoms with E-state index in [4.69, 9.17) is 5.73 Å². The maximum absolute atomic E-state index is 12.0. The molecular weight excluding hydrogens is 247 g/mol. The van der Waals surface area contributed by atoms with Crippen LogP contribution in [0.3, 0.4) is 0 Å². The number of urea groups is 1. The Morgan fingerprint density at radius 3 is 2.56 bits per heavy atom. The number of para-hydroxylation sites is 1. The van der Waals surface area contributed by atoms with Gasteiger partial charge in [-0.3, -0.25) is 4.90 Å². The van der Waals surface area contributed by atoms with Crippen LogP contribution in [0, 0.1) is 0 Å². The van der Waals surface area contributed by atoms with E-state index in [-0.39, 0.29) is 6.54 Å². The van der Waals surface area contributed by atoms with Gasteiger partial charge in [0.2, 0.25) is 0 Å². The number of nitrogens with two attached hydrogens (primary N) is 1. The Morgan fingerprint density at radius 1 is 1.39 bits per heavy atom. The van der Waals surface area contributed by atoms with Gasteiger partial charge in [-0.2, -0.15) is 13.2 Å². The number of carbonyl (C=O) groups is 1. The molecule has 0 saturated heterocycles. The molecule has 0 saturated carbocycles. The minimum Gasteiger partial charge on any atom is -0.329 e. The van der Waals surface area contributed by atoms with Crippen molar-refractivity contribution < 1.29 is 18.0 Å². The predicted molar refractivity (Wildman–Crippen MR) is 62.2 cm³/mol. The zero-order valence-corrected chi connectivity index (χ0v) is 9.79. The number of benzene rings is 1. The molecule has 0 aromatic heterocycles. The first-order chi connectivity index (χ1) is 8.35. The van der Waals surface area contributed by atoms with Gasteiger partial charge in [0.25, 0.3) is 0 Å². The fourth-order valence-electron chi connectivity index (χ4n) is 1.41. The van der Waals surface area contributed by atoms with Crippen molar-refractivity contribution in [2.24, 2.45) is 5.73 Å². The van der Waals surface area contributed by atoms with Gasteiger partial charge in [-0.15, -0.1) is 0 Å². The van der Waals surface area contributed by atoms with E-state index in [0.717, 1.165) is 4.90 Å². The third-order valence-corrected chi connectivity index (χ3v) is 2.32. The average Bonchev–Trinajstić information content (AvgIpc) is 2.34. The van der Waals surface area contributed by atoms with Crippen LogP contribution in [-0.2, 0) is 6.54 Å². The molecular formula is C11H14F3N3O. The highest BCUT2D eigenvalue weighted by molar-refractivity contribution is 5.92. The lowest BCUT2D eigenvalue weighted by Crippen LogP contribution is -2.42. The van der Waals surface area contributed by atoms with Gasteiger partial charge in [0, 0.05) is 19.3 Å². The fourth-order valence-corrected chi connectivity index (χ4v) is 1.41. The summed E-state index contributed by atoms with van der Waals surface area (Å²) in [4.78, 5) is 12.6. The van der Waals surface area contributed by atoms with E-state index in [1.54, 1.807) is 29.6 Å². The lowest BCUT2D eigenvalue weighted by atomic mass is 10.1. The van der Waals surface area contributed by atoms with E-state index < -0.39 is 18.8 Å². The van der Waals surface area contributed by atoms with Gasteiger partial charge in [-0.1, -0.05) is 18.2 Å². The monoisotopic (exact) mass is 261 g/mol. The number of nitrogens with zero attached hydrogens (tertiary/aromatic N) is 1. The topological polar surface area (TPSA) is 58.4 Å². The normalized spacial score (nSPS) is 11.2. The summed E-state index contributed by atoms with van der Waals surface area (Å²) in [6.07, 6.45) is -4.43. The summed E-state index contributed by atoms with van der Waals surface area (Å²) in [6, 6.07) is 5.93. The Balaban J connectivity index is 2.74. The van der Waals surface area contributed by atoms with Gasteiger partial charge in [0.15, 0.2) is 0 Å². The molecule has 1 rings (SSSR count). The molecule has 0 heterocycles. The van der Waals surface area contributed by atoms with Crippen LogP contribution in [0.2, 0.25) is 0 Å². The van der Waals surface area contributed by atoms with Crippen molar-refractivity contribution in [1.82, 2.24) is 5.32 Å². The molecule has 7 heteroatoms. The Bertz CT molecular complexity index is 420. The Kier molecular flexibility index (Phi) is 4.55. The third kappa shape index (κ3) is 3.92. The molecule has 1 aromatic carbocycles. The van der Waals surface area contributed by atoms with Crippen molar-refractivity contribution in [2.45, 2.75) is 12.7 Å². The molecule has 0 radical (unpaired) electrons. The quantitative estimate of drug-likeness (QED) is 0.872. The molecule has 0 atom stereocenters. The molecule has 0 aliphatic rings. The summed E-state index contributed by atoms with van der Waals surface area (Å²) < 4.78 is 35.9. The van der Waals surface area contributed by atoms with Crippen molar-refractivity contribution in [1.29, 1.82) is 0 Å². The first-order valence-corrected chi connectivity index (χ1v) is 5.21. The van der Waals surface area contributed by atoms with E-state index in [9.17, 15) is 18.0 Å². The standard InChI is InChI=1S/C11H14F3N3O/c1-17(10(18)16-7-11(12,13)14)9-5-3-2-4-8(9)6-15/h2-5H,6-7,15H2,1H3,(H,16,18). The highest BCUT2D eigenvalue weighted by atomic mass is 19.4. The van der Waals surface area contributed by atoms with E-state index in [1.165, 1.54) is 7.05 Å². The Hall–Kier alpha value is -1.76. The zero-order chi connectivity index (χ0) is 13.8. The van der Waals surface area contributed by atoms with Crippen LogP contribution in [0.4, 0.5) is 23.7 Å². The number of halogens is 3. The van der Waals surface area contributed by atoms with Crippen molar-refractivity contribution in [3.63, 3.8) is 0 Å². The minimum atomic E-state index is -4.43. The van der Waals surface area contributed by atoms with Crippen molar-refractivity contribution in [2.75, 3.05) is 18.5 Å². The summed E-state index contributed by atoms with van der Waals surface area (Å²) in [5, 5.41) is 1.79. The maximum Gasteiger partial charge on any atom is 0.405 e. The highest BCUT2D eigenvalue weighted by Crippen LogP contribution is 2.19. The van der Waals surface area contributed by atoms with Crippen molar-refractivity contribution in [3.05, 3.63) is 29.8 Å².